The lowest BCUT2D eigenvalue weighted by molar-refractivity contribution is -0.115. The molecule has 0 bridgehead atoms. The van der Waals surface area contributed by atoms with Gasteiger partial charge in [0, 0.05) is 11.3 Å². The van der Waals surface area contributed by atoms with Crippen LogP contribution in [0.25, 0.3) is 6.08 Å². The van der Waals surface area contributed by atoms with Crippen molar-refractivity contribution >= 4 is 17.7 Å². The molecule has 29 heavy (non-hydrogen) atoms. The van der Waals surface area contributed by atoms with Crippen molar-refractivity contribution in [2.45, 2.75) is 13.5 Å². The first-order valence-corrected chi connectivity index (χ1v) is 9.43. The molecule has 0 atom stereocenters. The van der Waals surface area contributed by atoms with Gasteiger partial charge >= 0.3 is 0 Å². The first-order chi connectivity index (χ1) is 14.1. The molecule has 0 heterocycles. The summed E-state index contributed by atoms with van der Waals surface area (Å²) in [5, 5.41) is 0. The van der Waals surface area contributed by atoms with Crippen LogP contribution >= 0.6 is 0 Å². The number of carbonyl (C=O) groups excluding carboxylic acids is 1. The third-order valence-electron chi connectivity index (χ3n) is 4.62. The molecule has 4 nitrogen and oxygen atoms in total. The third kappa shape index (κ3) is 5.05. The standard InChI is InChI=1S/C25H25NO3/c1-19(16-21-14-15-23(28-2)24(17-21)29-3)25(27)26(22-12-8-5-9-13-22)18-20-10-6-4-7-11-20/h4-17H,18H2,1-3H3/b19-16+. The largest absolute Gasteiger partial charge is 0.493 e. The molecule has 0 N–H and O–H groups in total. The molecule has 0 fully saturated rings. The second-order valence-corrected chi connectivity index (χ2v) is 6.65. The fraction of sp³-hybridized carbons (Fsp3) is 0.160. The fourth-order valence-electron chi connectivity index (χ4n) is 3.12. The van der Waals surface area contributed by atoms with E-state index in [2.05, 4.69) is 0 Å². The minimum Gasteiger partial charge on any atom is -0.493 e. The predicted molar refractivity (Wildman–Crippen MR) is 117 cm³/mol. The zero-order chi connectivity index (χ0) is 20.6. The molecule has 0 aromatic heterocycles. The number of hydrogen-bond acceptors (Lipinski definition) is 3. The molecular weight excluding hydrogens is 362 g/mol. The lowest BCUT2D eigenvalue weighted by Gasteiger charge is -2.23. The van der Waals surface area contributed by atoms with E-state index in [1.807, 2.05) is 91.9 Å². The van der Waals surface area contributed by atoms with Crippen molar-refractivity contribution in [2.24, 2.45) is 0 Å². The van der Waals surface area contributed by atoms with Gasteiger partial charge in [0.15, 0.2) is 11.5 Å². The summed E-state index contributed by atoms with van der Waals surface area (Å²) in [6.07, 6.45) is 1.87. The van der Waals surface area contributed by atoms with Gasteiger partial charge in [0.2, 0.25) is 0 Å². The lowest BCUT2D eigenvalue weighted by atomic mass is 10.1. The van der Waals surface area contributed by atoms with Gasteiger partial charge in [-0.1, -0.05) is 54.6 Å². The molecule has 0 aliphatic carbocycles. The van der Waals surface area contributed by atoms with Crippen LogP contribution in [0.15, 0.2) is 84.4 Å². The Kier molecular flexibility index (Phi) is 6.69. The fourth-order valence-corrected chi connectivity index (χ4v) is 3.12. The molecule has 3 aromatic rings. The molecule has 0 aliphatic heterocycles. The Morgan fingerprint density at radius 2 is 1.48 bits per heavy atom. The highest BCUT2D eigenvalue weighted by Gasteiger charge is 2.18. The zero-order valence-electron chi connectivity index (χ0n) is 17.0. The highest BCUT2D eigenvalue weighted by atomic mass is 16.5. The molecule has 1 amide bonds. The van der Waals surface area contributed by atoms with Crippen LogP contribution in [-0.2, 0) is 11.3 Å². The van der Waals surface area contributed by atoms with Crippen LogP contribution in [0.2, 0.25) is 0 Å². The van der Waals surface area contributed by atoms with E-state index in [9.17, 15) is 4.79 Å². The van der Waals surface area contributed by atoms with E-state index in [0.29, 0.717) is 23.6 Å². The van der Waals surface area contributed by atoms with E-state index in [-0.39, 0.29) is 5.91 Å². The number of ether oxygens (including phenoxy) is 2. The van der Waals surface area contributed by atoms with Crippen LogP contribution in [0.5, 0.6) is 11.5 Å². The van der Waals surface area contributed by atoms with E-state index in [1.54, 1.807) is 19.1 Å². The molecule has 4 heteroatoms. The summed E-state index contributed by atoms with van der Waals surface area (Å²) in [6, 6.07) is 25.3. The van der Waals surface area contributed by atoms with Crippen molar-refractivity contribution < 1.29 is 14.3 Å². The Hall–Kier alpha value is -3.53. The molecule has 0 saturated heterocycles. The van der Waals surface area contributed by atoms with E-state index in [4.69, 9.17) is 9.47 Å². The second kappa shape index (κ2) is 9.60. The predicted octanol–water partition coefficient (Wildman–Crippen LogP) is 5.34. The molecule has 0 spiro atoms. The van der Waals surface area contributed by atoms with Gasteiger partial charge in [-0.2, -0.15) is 0 Å². The van der Waals surface area contributed by atoms with Crippen molar-refractivity contribution in [1.29, 1.82) is 0 Å². The summed E-state index contributed by atoms with van der Waals surface area (Å²) in [5.41, 5.74) is 3.45. The Labute approximate surface area is 172 Å². The Morgan fingerprint density at radius 1 is 0.862 bits per heavy atom. The van der Waals surface area contributed by atoms with Crippen LogP contribution in [0.3, 0.4) is 0 Å². The zero-order valence-corrected chi connectivity index (χ0v) is 17.0. The first-order valence-electron chi connectivity index (χ1n) is 9.43. The summed E-state index contributed by atoms with van der Waals surface area (Å²) >= 11 is 0. The molecule has 0 radical (unpaired) electrons. The maximum atomic E-state index is 13.3. The van der Waals surface area contributed by atoms with E-state index >= 15 is 0 Å². The SMILES string of the molecule is COc1ccc(/C=C(\C)C(=O)N(Cc2ccccc2)c2ccccc2)cc1OC. The highest BCUT2D eigenvalue weighted by Crippen LogP contribution is 2.29. The number of amides is 1. The van der Waals surface area contributed by atoms with Crippen LogP contribution < -0.4 is 14.4 Å². The van der Waals surface area contributed by atoms with Crippen molar-refractivity contribution in [1.82, 2.24) is 0 Å². The van der Waals surface area contributed by atoms with Crippen molar-refractivity contribution in [3.8, 4) is 11.5 Å². The maximum absolute atomic E-state index is 13.3. The summed E-state index contributed by atoms with van der Waals surface area (Å²) in [5.74, 6) is 1.24. The normalized spacial score (nSPS) is 11.1. The maximum Gasteiger partial charge on any atom is 0.254 e. The molecule has 3 aromatic carbocycles. The number of methoxy groups -OCH3 is 2. The Bertz CT molecular complexity index is 981. The number of benzene rings is 3. The summed E-state index contributed by atoms with van der Waals surface area (Å²) < 4.78 is 10.7. The van der Waals surface area contributed by atoms with E-state index in [0.717, 1.165) is 16.8 Å². The number of rotatable bonds is 7. The van der Waals surface area contributed by atoms with Crippen LogP contribution in [0.4, 0.5) is 5.69 Å². The third-order valence-corrected chi connectivity index (χ3v) is 4.62. The van der Waals surface area contributed by atoms with Crippen LogP contribution in [0, 0.1) is 0 Å². The number of anilines is 1. The topological polar surface area (TPSA) is 38.8 Å². The summed E-state index contributed by atoms with van der Waals surface area (Å²) in [4.78, 5) is 15.1. The molecule has 0 aliphatic rings. The average molecular weight is 387 g/mol. The highest BCUT2D eigenvalue weighted by molar-refractivity contribution is 6.07. The minimum absolute atomic E-state index is 0.0464. The first kappa shape index (κ1) is 20.2. The van der Waals surface area contributed by atoms with Crippen molar-refractivity contribution in [3.05, 3.63) is 95.6 Å². The molecule has 3 rings (SSSR count). The van der Waals surface area contributed by atoms with Gasteiger partial charge in [-0.15, -0.1) is 0 Å². The Balaban J connectivity index is 1.91. The summed E-state index contributed by atoms with van der Waals surface area (Å²) in [7, 11) is 3.20. The summed E-state index contributed by atoms with van der Waals surface area (Å²) in [6.45, 7) is 2.33. The Morgan fingerprint density at radius 3 is 2.10 bits per heavy atom. The number of para-hydroxylation sites is 1. The van der Waals surface area contributed by atoms with Gasteiger partial charge in [0.1, 0.15) is 0 Å². The van der Waals surface area contributed by atoms with Gasteiger partial charge in [-0.05, 0) is 48.4 Å². The van der Waals surface area contributed by atoms with Crippen molar-refractivity contribution in [2.75, 3.05) is 19.1 Å². The molecule has 0 saturated carbocycles. The molecule has 0 unspecified atom stereocenters. The minimum atomic E-state index is -0.0464. The van der Waals surface area contributed by atoms with E-state index in [1.165, 1.54) is 0 Å². The molecular formula is C25H25NO3. The van der Waals surface area contributed by atoms with E-state index < -0.39 is 0 Å². The van der Waals surface area contributed by atoms with Crippen LogP contribution in [0.1, 0.15) is 18.1 Å². The smallest absolute Gasteiger partial charge is 0.254 e. The van der Waals surface area contributed by atoms with Gasteiger partial charge in [-0.25, -0.2) is 0 Å². The number of carbonyl (C=O) groups is 1. The monoisotopic (exact) mass is 387 g/mol. The average Bonchev–Trinajstić information content (AvgIpc) is 2.78. The number of nitrogens with zero attached hydrogens (tertiary/aromatic N) is 1. The van der Waals surface area contributed by atoms with Gasteiger partial charge in [0.25, 0.3) is 5.91 Å². The van der Waals surface area contributed by atoms with Crippen molar-refractivity contribution in [3.63, 3.8) is 0 Å². The number of hydrogen-bond donors (Lipinski definition) is 0. The quantitative estimate of drug-likeness (QED) is 0.514. The van der Waals surface area contributed by atoms with Gasteiger partial charge in [0.05, 0.1) is 20.8 Å². The van der Waals surface area contributed by atoms with Crippen LogP contribution in [-0.4, -0.2) is 20.1 Å². The second-order valence-electron chi connectivity index (χ2n) is 6.65. The van der Waals surface area contributed by atoms with Gasteiger partial charge < -0.3 is 14.4 Å². The molecule has 148 valence electrons. The lowest BCUT2D eigenvalue weighted by Crippen LogP contribution is -2.30. The van der Waals surface area contributed by atoms with Gasteiger partial charge in [-0.3, -0.25) is 4.79 Å².